The maximum Gasteiger partial charge on any atom is 0.0328 e. The number of hydrogen-bond donors (Lipinski definition) is 1. The highest BCUT2D eigenvalue weighted by molar-refractivity contribution is 4.93. The van der Waals surface area contributed by atoms with Crippen molar-refractivity contribution in [1.82, 2.24) is 4.90 Å². The Morgan fingerprint density at radius 3 is 2.29 bits per heavy atom. The van der Waals surface area contributed by atoms with Crippen molar-refractivity contribution in [2.24, 2.45) is 11.7 Å². The predicted octanol–water partition coefficient (Wildman–Crippen LogP) is 3.16. The van der Waals surface area contributed by atoms with Crippen LogP contribution in [0.15, 0.2) is 0 Å². The van der Waals surface area contributed by atoms with Crippen LogP contribution in [0.5, 0.6) is 0 Å². The summed E-state index contributed by atoms with van der Waals surface area (Å²) in [5, 5.41) is 0. The van der Waals surface area contributed by atoms with Gasteiger partial charge in [-0.2, -0.15) is 0 Å². The smallest absolute Gasteiger partial charge is 0.0328 e. The quantitative estimate of drug-likeness (QED) is 0.797. The van der Waals surface area contributed by atoms with Crippen LogP contribution < -0.4 is 5.73 Å². The first-order valence-corrected chi connectivity index (χ1v) is 7.68. The molecular formula is C15H30N2. The van der Waals surface area contributed by atoms with Gasteiger partial charge >= 0.3 is 0 Å². The minimum Gasteiger partial charge on any atom is -0.329 e. The topological polar surface area (TPSA) is 29.3 Å². The SMILES string of the molecule is CN(CCC1CCCC1)C1(CN)CCCCC1. The van der Waals surface area contributed by atoms with Crippen molar-refractivity contribution < 1.29 is 0 Å². The van der Waals surface area contributed by atoms with Crippen LogP contribution in [-0.4, -0.2) is 30.6 Å². The van der Waals surface area contributed by atoms with E-state index in [0.29, 0.717) is 5.54 Å². The Morgan fingerprint density at radius 2 is 1.71 bits per heavy atom. The van der Waals surface area contributed by atoms with E-state index in [-0.39, 0.29) is 0 Å². The van der Waals surface area contributed by atoms with Crippen LogP contribution in [0.2, 0.25) is 0 Å². The molecule has 0 aromatic heterocycles. The van der Waals surface area contributed by atoms with Crippen molar-refractivity contribution in [3.63, 3.8) is 0 Å². The molecule has 0 aromatic carbocycles. The molecular weight excluding hydrogens is 208 g/mol. The molecule has 0 radical (unpaired) electrons. The highest BCUT2D eigenvalue weighted by Crippen LogP contribution is 2.33. The highest BCUT2D eigenvalue weighted by Gasteiger charge is 2.34. The van der Waals surface area contributed by atoms with Gasteiger partial charge in [-0.05, 0) is 38.8 Å². The van der Waals surface area contributed by atoms with Gasteiger partial charge in [-0.25, -0.2) is 0 Å². The molecule has 0 saturated heterocycles. The van der Waals surface area contributed by atoms with Crippen molar-refractivity contribution in [3.05, 3.63) is 0 Å². The van der Waals surface area contributed by atoms with Gasteiger partial charge in [0.05, 0.1) is 0 Å². The van der Waals surface area contributed by atoms with Crippen LogP contribution in [0.4, 0.5) is 0 Å². The molecule has 2 nitrogen and oxygen atoms in total. The molecule has 2 fully saturated rings. The maximum absolute atomic E-state index is 6.08. The zero-order valence-electron chi connectivity index (χ0n) is 11.6. The lowest BCUT2D eigenvalue weighted by molar-refractivity contribution is 0.0772. The third-order valence-electron chi connectivity index (χ3n) is 5.32. The van der Waals surface area contributed by atoms with Crippen LogP contribution in [-0.2, 0) is 0 Å². The Morgan fingerprint density at radius 1 is 1.06 bits per heavy atom. The molecule has 100 valence electrons. The van der Waals surface area contributed by atoms with E-state index >= 15 is 0 Å². The summed E-state index contributed by atoms with van der Waals surface area (Å²) in [7, 11) is 2.31. The summed E-state index contributed by atoms with van der Waals surface area (Å²) in [6.07, 6.45) is 14.1. The molecule has 0 aromatic rings. The fourth-order valence-electron chi connectivity index (χ4n) is 3.86. The van der Waals surface area contributed by atoms with E-state index < -0.39 is 0 Å². The third-order valence-corrected chi connectivity index (χ3v) is 5.32. The first-order valence-electron chi connectivity index (χ1n) is 7.68. The summed E-state index contributed by atoms with van der Waals surface area (Å²) < 4.78 is 0. The molecule has 0 heterocycles. The lowest BCUT2D eigenvalue weighted by atomic mass is 9.80. The molecule has 2 rings (SSSR count). The molecule has 0 bridgehead atoms. The van der Waals surface area contributed by atoms with Gasteiger partial charge < -0.3 is 5.73 Å². The third kappa shape index (κ3) is 3.23. The van der Waals surface area contributed by atoms with Gasteiger partial charge in [-0.3, -0.25) is 4.90 Å². The van der Waals surface area contributed by atoms with Crippen LogP contribution >= 0.6 is 0 Å². The van der Waals surface area contributed by atoms with Gasteiger partial charge in [0.1, 0.15) is 0 Å². The van der Waals surface area contributed by atoms with E-state index in [1.807, 2.05) is 0 Å². The predicted molar refractivity (Wildman–Crippen MR) is 74.1 cm³/mol. The standard InChI is InChI=1S/C15H30N2/c1-17(12-9-14-7-3-4-8-14)15(13-16)10-5-2-6-11-15/h14H,2-13,16H2,1H3. The van der Waals surface area contributed by atoms with Crippen LogP contribution in [0.3, 0.4) is 0 Å². The average Bonchev–Trinajstić information content (AvgIpc) is 2.90. The van der Waals surface area contributed by atoms with Gasteiger partial charge in [-0.1, -0.05) is 44.9 Å². The molecule has 2 saturated carbocycles. The van der Waals surface area contributed by atoms with E-state index in [0.717, 1.165) is 12.5 Å². The molecule has 2 aliphatic rings. The summed E-state index contributed by atoms with van der Waals surface area (Å²) >= 11 is 0. The van der Waals surface area contributed by atoms with Crippen LogP contribution in [0, 0.1) is 5.92 Å². The van der Waals surface area contributed by atoms with Gasteiger partial charge in [0.2, 0.25) is 0 Å². The second-order valence-electron chi connectivity index (χ2n) is 6.35. The Balaban J connectivity index is 1.81. The number of rotatable bonds is 5. The van der Waals surface area contributed by atoms with Crippen LogP contribution in [0.25, 0.3) is 0 Å². The second-order valence-corrected chi connectivity index (χ2v) is 6.35. The molecule has 2 heteroatoms. The van der Waals surface area contributed by atoms with Crippen molar-refractivity contribution >= 4 is 0 Å². The molecule has 0 aliphatic heterocycles. The molecule has 17 heavy (non-hydrogen) atoms. The second kappa shape index (κ2) is 6.19. The summed E-state index contributed by atoms with van der Waals surface area (Å²) in [6.45, 7) is 2.12. The van der Waals surface area contributed by atoms with Crippen molar-refractivity contribution in [1.29, 1.82) is 0 Å². The Labute approximate surface area is 107 Å². The summed E-state index contributed by atoms with van der Waals surface area (Å²) in [4.78, 5) is 2.60. The monoisotopic (exact) mass is 238 g/mol. The maximum atomic E-state index is 6.08. The molecule has 0 amide bonds. The Kier molecular flexibility index (Phi) is 4.87. The van der Waals surface area contributed by atoms with Crippen molar-refractivity contribution in [2.75, 3.05) is 20.1 Å². The van der Waals surface area contributed by atoms with E-state index in [1.165, 1.54) is 70.8 Å². The van der Waals surface area contributed by atoms with Gasteiger partial charge in [0.15, 0.2) is 0 Å². The van der Waals surface area contributed by atoms with Gasteiger partial charge in [-0.15, -0.1) is 0 Å². The molecule has 0 spiro atoms. The van der Waals surface area contributed by atoms with Gasteiger partial charge in [0.25, 0.3) is 0 Å². The highest BCUT2D eigenvalue weighted by atomic mass is 15.2. The molecule has 2 N–H and O–H groups in total. The molecule has 0 unspecified atom stereocenters. The first kappa shape index (κ1) is 13.4. The molecule has 0 atom stereocenters. The minimum atomic E-state index is 0.344. The summed E-state index contributed by atoms with van der Waals surface area (Å²) in [6, 6.07) is 0. The Hall–Kier alpha value is -0.0800. The summed E-state index contributed by atoms with van der Waals surface area (Å²) in [5.74, 6) is 1.01. The number of nitrogens with two attached hydrogens (primary N) is 1. The zero-order chi connectivity index (χ0) is 12.1. The van der Waals surface area contributed by atoms with E-state index in [1.54, 1.807) is 0 Å². The van der Waals surface area contributed by atoms with E-state index in [2.05, 4.69) is 11.9 Å². The lowest BCUT2D eigenvalue weighted by Crippen LogP contribution is -2.53. The van der Waals surface area contributed by atoms with Crippen molar-refractivity contribution in [2.45, 2.75) is 69.7 Å². The molecule has 2 aliphatic carbocycles. The lowest BCUT2D eigenvalue weighted by Gasteiger charge is -2.44. The minimum absolute atomic E-state index is 0.344. The fourth-order valence-corrected chi connectivity index (χ4v) is 3.86. The normalized spacial score (nSPS) is 25.6. The zero-order valence-corrected chi connectivity index (χ0v) is 11.6. The van der Waals surface area contributed by atoms with Crippen LogP contribution in [0.1, 0.15) is 64.2 Å². The number of hydrogen-bond acceptors (Lipinski definition) is 2. The van der Waals surface area contributed by atoms with E-state index in [4.69, 9.17) is 5.73 Å². The summed E-state index contributed by atoms with van der Waals surface area (Å²) in [5.41, 5.74) is 6.43. The fraction of sp³-hybridized carbons (Fsp3) is 1.00. The largest absolute Gasteiger partial charge is 0.329 e. The number of nitrogens with zero attached hydrogens (tertiary/aromatic N) is 1. The van der Waals surface area contributed by atoms with Crippen molar-refractivity contribution in [3.8, 4) is 0 Å². The van der Waals surface area contributed by atoms with Gasteiger partial charge in [0, 0.05) is 12.1 Å². The average molecular weight is 238 g/mol. The van der Waals surface area contributed by atoms with E-state index in [9.17, 15) is 0 Å². The Bertz CT molecular complexity index is 215. The first-order chi connectivity index (χ1) is 8.27. The number of likely N-dealkylation sites (N-methyl/N-ethyl adjacent to an activating group) is 1.